The number of likely N-dealkylation sites (tertiary alicyclic amines) is 2. The second-order valence-electron chi connectivity index (χ2n) is 8.11. The summed E-state index contributed by atoms with van der Waals surface area (Å²) in [5.41, 5.74) is 1.87. The van der Waals surface area contributed by atoms with Gasteiger partial charge in [-0.2, -0.15) is 11.3 Å². The summed E-state index contributed by atoms with van der Waals surface area (Å²) in [6.07, 6.45) is 3.92. The molecule has 3 atom stereocenters. The molecular weight excluding hydrogens is 413 g/mol. The average Bonchev–Trinajstić information content (AvgIpc) is 3.46. The normalized spacial score (nSPS) is 22.9. The Hall–Kier alpha value is -3.06. The fourth-order valence-corrected chi connectivity index (χ4v) is 5.68. The van der Waals surface area contributed by atoms with E-state index in [2.05, 4.69) is 16.4 Å². The van der Waals surface area contributed by atoms with Crippen LogP contribution >= 0.6 is 11.3 Å². The van der Waals surface area contributed by atoms with Crippen molar-refractivity contribution in [2.75, 3.05) is 19.6 Å². The molecule has 2 saturated heterocycles. The predicted molar refractivity (Wildman–Crippen MR) is 117 cm³/mol. The van der Waals surface area contributed by atoms with Gasteiger partial charge in [-0.25, -0.2) is 4.39 Å². The van der Waals surface area contributed by atoms with E-state index in [9.17, 15) is 14.0 Å². The number of thiophene rings is 1. The minimum atomic E-state index is -0.493. The fraction of sp³-hybridized carbons (Fsp3) is 0.292. The molecule has 7 heteroatoms. The number of hydrogen-bond donors (Lipinski definition) is 0. The van der Waals surface area contributed by atoms with E-state index in [0.29, 0.717) is 31.6 Å². The molecule has 2 amide bonds. The van der Waals surface area contributed by atoms with Crippen LogP contribution < -0.4 is 0 Å². The van der Waals surface area contributed by atoms with Crippen molar-refractivity contribution >= 4 is 23.2 Å². The van der Waals surface area contributed by atoms with Crippen molar-refractivity contribution in [3.63, 3.8) is 0 Å². The molecular formula is C24H22FN3O2S. The van der Waals surface area contributed by atoms with Gasteiger partial charge >= 0.3 is 0 Å². The zero-order chi connectivity index (χ0) is 21.4. The maximum atomic E-state index is 14.3. The molecule has 0 unspecified atom stereocenters. The first-order valence-corrected chi connectivity index (χ1v) is 11.3. The van der Waals surface area contributed by atoms with Gasteiger partial charge in [-0.1, -0.05) is 12.1 Å². The number of pyridine rings is 1. The van der Waals surface area contributed by atoms with Crippen molar-refractivity contribution in [1.29, 1.82) is 0 Å². The average molecular weight is 436 g/mol. The number of halogens is 1. The summed E-state index contributed by atoms with van der Waals surface area (Å²) >= 11 is 1.63. The monoisotopic (exact) mass is 435 g/mol. The topological polar surface area (TPSA) is 53.5 Å². The van der Waals surface area contributed by atoms with Crippen LogP contribution in [0.15, 0.2) is 65.6 Å². The van der Waals surface area contributed by atoms with Crippen LogP contribution in [0.1, 0.15) is 38.6 Å². The van der Waals surface area contributed by atoms with Crippen LogP contribution in [0.25, 0.3) is 0 Å². The molecule has 0 aliphatic carbocycles. The molecule has 0 saturated carbocycles. The third-order valence-electron chi connectivity index (χ3n) is 6.46. The molecule has 1 aromatic carbocycles. The van der Waals surface area contributed by atoms with E-state index in [4.69, 9.17) is 0 Å². The minimum Gasteiger partial charge on any atom is -0.338 e. The largest absolute Gasteiger partial charge is 0.338 e. The summed E-state index contributed by atoms with van der Waals surface area (Å²) < 4.78 is 14.3. The summed E-state index contributed by atoms with van der Waals surface area (Å²) in [6, 6.07) is 11.8. The Balaban J connectivity index is 1.43. The Morgan fingerprint density at radius 2 is 1.94 bits per heavy atom. The summed E-state index contributed by atoms with van der Waals surface area (Å²) in [6.45, 7) is 1.67. The number of amides is 2. The lowest BCUT2D eigenvalue weighted by molar-refractivity contribution is 0.0532. The van der Waals surface area contributed by atoms with E-state index < -0.39 is 5.82 Å². The number of carbonyl (C=O) groups excluding carboxylic acids is 2. The molecule has 2 aliphatic heterocycles. The van der Waals surface area contributed by atoms with Gasteiger partial charge in [0.15, 0.2) is 0 Å². The third kappa shape index (κ3) is 3.63. The molecule has 2 aliphatic rings. The highest BCUT2D eigenvalue weighted by Gasteiger charge is 2.48. The van der Waals surface area contributed by atoms with Crippen LogP contribution in [0, 0.1) is 11.7 Å². The molecule has 2 aromatic heterocycles. The highest BCUT2D eigenvalue weighted by molar-refractivity contribution is 7.08. The molecule has 31 heavy (non-hydrogen) atoms. The lowest BCUT2D eigenvalue weighted by atomic mass is 9.82. The van der Waals surface area contributed by atoms with Gasteiger partial charge in [0, 0.05) is 49.9 Å². The molecule has 5 rings (SSSR count). The zero-order valence-corrected chi connectivity index (χ0v) is 17.7. The first kappa shape index (κ1) is 19.9. The van der Waals surface area contributed by atoms with Gasteiger partial charge in [0.1, 0.15) is 5.82 Å². The molecule has 2 fully saturated rings. The Bertz CT molecular complexity index is 1090. The van der Waals surface area contributed by atoms with Crippen molar-refractivity contribution < 1.29 is 14.0 Å². The second-order valence-corrected chi connectivity index (χ2v) is 8.89. The van der Waals surface area contributed by atoms with Crippen molar-refractivity contribution in [2.24, 2.45) is 5.92 Å². The van der Waals surface area contributed by atoms with Gasteiger partial charge < -0.3 is 9.80 Å². The van der Waals surface area contributed by atoms with E-state index in [-0.39, 0.29) is 35.3 Å². The Kier molecular flexibility index (Phi) is 5.28. The minimum absolute atomic E-state index is 0.0186. The standard InChI is InChI=1S/C24H22FN3O2S/c25-21-6-2-1-5-18(21)24(30)28-14-19(17-8-11-31-15-17)20-13-27(10-7-22(20)28)23(29)16-4-3-9-26-12-16/h1-6,8-9,11-12,15,19-20,22H,7,10,13-14H2/t19-,20-,22-/m1/s1. The van der Waals surface area contributed by atoms with Crippen LogP contribution in [0.4, 0.5) is 4.39 Å². The molecule has 0 N–H and O–H groups in total. The Morgan fingerprint density at radius 3 is 2.68 bits per heavy atom. The lowest BCUT2D eigenvalue weighted by Gasteiger charge is -2.39. The zero-order valence-electron chi connectivity index (χ0n) is 16.9. The van der Waals surface area contributed by atoms with E-state index in [1.807, 2.05) is 15.2 Å². The first-order chi connectivity index (χ1) is 15.1. The molecule has 158 valence electrons. The van der Waals surface area contributed by atoms with Crippen molar-refractivity contribution in [3.05, 3.63) is 88.1 Å². The number of benzene rings is 1. The maximum Gasteiger partial charge on any atom is 0.257 e. The van der Waals surface area contributed by atoms with Gasteiger partial charge in [-0.3, -0.25) is 14.6 Å². The first-order valence-electron chi connectivity index (χ1n) is 10.4. The van der Waals surface area contributed by atoms with Crippen LogP contribution in [-0.4, -0.2) is 52.3 Å². The van der Waals surface area contributed by atoms with Crippen LogP contribution in [-0.2, 0) is 0 Å². The van der Waals surface area contributed by atoms with E-state index in [1.54, 1.807) is 54.1 Å². The molecule has 0 radical (unpaired) electrons. The fourth-order valence-electron chi connectivity index (χ4n) is 4.95. The summed E-state index contributed by atoms with van der Waals surface area (Å²) in [7, 11) is 0. The van der Waals surface area contributed by atoms with Gasteiger partial charge in [-0.15, -0.1) is 0 Å². The number of rotatable bonds is 3. The van der Waals surface area contributed by atoms with E-state index >= 15 is 0 Å². The maximum absolute atomic E-state index is 14.3. The number of carbonyl (C=O) groups is 2. The highest BCUT2D eigenvalue weighted by Crippen LogP contribution is 2.43. The van der Waals surface area contributed by atoms with E-state index in [1.165, 1.54) is 11.6 Å². The van der Waals surface area contributed by atoms with Crippen molar-refractivity contribution in [1.82, 2.24) is 14.8 Å². The summed E-state index contributed by atoms with van der Waals surface area (Å²) in [4.78, 5) is 34.1. The molecule has 0 bridgehead atoms. The quantitative estimate of drug-likeness (QED) is 0.624. The van der Waals surface area contributed by atoms with Crippen molar-refractivity contribution in [2.45, 2.75) is 18.4 Å². The lowest BCUT2D eigenvalue weighted by Crippen LogP contribution is -2.49. The number of hydrogen-bond acceptors (Lipinski definition) is 4. The number of nitrogens with zero attached hydrogens (tertiary/aromatic N) is 3. The number of aromatic nitrogens is 1. The van der Waals surface area contributed by atoms with Crippen LogP contribution in [0.5, 0.6) is 0 Å². The molecule has 3 aromatic rings. The van der Waals surface area contributed by atoms with Crippen LogP contribution in [0.2, 0.25) is 0 Å². The predicted octanol–water partition coefficient (Wildman–Crippen LogP) is 4.05. The summed E-state index contributed by atoms with van der Waals surface area (Å²) in [5, 5.41) is 4.15. The number of fused-ring (bicyclic) bond motifs is 1. The Labute approximate surface area is 184 Å². The second kappa shape index (κ2) is 8.23. The van der Waals surface area contributed by atoms with Gasteiger partial charge in [0.05, 0.1) is 11.1 Å². The highest BCUT2D eigenvalue weighted by atomic mass is 32.1. The van der Waals surface area contributed by atoms with Crippen molar-refractivity contribution in [3.8, 4) is 0 Å². The smallest absolute Gasteiger partial charge is 0.257 e. The third-order valence-corrected chi connectivity index (χ3v) is 7.16. The SMILES string of the molecule is O=C(c1cccnc1)N1CC[C@@H]2[C@H](C1)[C@@H](c1ccsc1)CN2C(=O)c1ccccc1F. The van der Waals surface area contributed by atoms with Gasteiger partial charge in [0.2, 0.25) is 0 Å². The molecule has 4 heterocycles. The summed E-state index contributed by atoms with van der Waals surface area (Å²) in [5.74, 6) is -0.559. The Morgan fingerprint density at radius 1 is 1.06 bits per heavy atom. The molecule has 0 spiro atoms. The van der Waals surface area contributed by atoms with Crippen LogP contribution in [0.3, 0.4) is 0 Å². The van der Waals surface area contributed by atoms with Gasteiger partial charge in [0.25, 0.3) is 11.8 Å². The molecule has 5 nitrogen and oxygen atoms in total. The van der Waals surface area contributed by atoms with Gasteiger partial charge in [-0.05, 0) is 53.1 Å². The number of piperidine rings is 1. The van der Waals surface area contributed by atoms with E-state index in [0.717, 1.165) is 0 Å².